The van der Waals surface area contributed by atoms with E-state index in [0.29, 0.717) is 6.54 Å². The van der Waals surface area contributed by atoms with Crippen LogP contribution in [0.4, 0.5) is 4.79 Å². The van der Waals surface area contributed by atoms with Gasteiger partial charge in [0.15, 0.2) is 0 Å². The first kappa shape index (κ1) is 11.8. The molecule has 1 fully saturated rings. The third kappa shape index (κ3) is 2.84. The van der Waals surface area contributed by atoms with Crippen LogP contribution in [-0.4, -0.2) is 42.5 Å². The number of nitrogens with one attached hydrogen (secondary N) is 2. The Morgan fingerprint density at radius 3 is 2.60 bits per heavy atom. The second-order valence-corrected chi connectivity index (χ2v) is 4.07. The Morgan fingerprint density at radius 2 is 2.07 bits per heavy atom. The largest absolute Gasteiger partial charge is 0.357 e. The van der Waals surface area contributed by atoms with Crippen LogP contribution in [0.3, 0.4) is 0 Å². The molecule has 1 aliphatic heterocycles. The summed E-state index contributed by atoms with van der Waals surface area (Å²) in [6.45, 7) is 4.47. The van der Waals surface area contributed by atoms with Crippen molar-refractivity contribution in [3.63, 3.8) is 0 Å². The van der Waals surface area contributed by atoms with Gasteiger partial charge in [0.05, 0.1) is 0 Å². The molecule has 1 rings (SSSR count). The minimum Gasteiger partial charge on any atom is -0.357 e. The average molecular weight is 213 g/mol. The quantitative estimate of drug-likeness (QED) is 0.693. The maximum Gasteiger partial charge on any atom is 0.318 e. The summed E-state index contributed by atoms with van der Waals surface area (Å²) in [4.78, 5) is 24.8. The summed E-state index contributed by atoms with van der Waals surface area (Å²) in [6.07, 6.45) is 1.65. The Balaban J connectivity index is 2.60. The molecule has 0 aromatic heterocycles. The molecule has 0 aromatic rings. The first-order valence-electron chi connectivity index (χ1n) is 5.35. The second-order valence-electron chi connectivity index (χ2n) is 4.07. The monoisotopic (exact) mass is 213 g/mol. The van der Waals surface area contributed by atoms with Crippen LogP contribution in [0.25, 0.3) is 0 Å². The highest BCUT2D eigenvalue weighted by molar-refractivity contribution is 5.87. The maximum atomic E-state index is 11.7. The predicted octanol–water partition coefficient (Wildman–Crippen LogP) is 0.315. The molecule has 1 atom stereocenters. The van der Waals surface area contributed by atoms with Crippen LogP contribution in [0.15, 0.2) is 0 Å². The van der Waals surface area contributed by atoms with Crippen molar-refractivity contribution in [3.05, 3.63) is 0 Å². The molecule has 5 heteroatoms. The van der Waals surface area contributed by atoms with Gasteiger partial charge in [0.1, 0.15) is 6.04 Å². The third-order valence-corrected chi connectivity index (χ3v) is 2.47. The first-order valence-corrected chi connectivity index (χ1v) is 5.35. The van der Waals surface area contributed by atoms with Gasteiger partial charge in [-0.25, -0.2) is 4.79 Å². The molecule has 5 nitrogen and oxygen atoms in total. The number of rotatable bonds is 2. The fraction of sp³-hybridized carbons (Fsp3) is 0.800. The van der Waals surface area contributed by atoms with Gasteiger partial charge in [0, 0.05) is 19.6 Å². The lowest BCUT2D eigenvalue weighted by Gasteiger charge is -2.24. The van der Waals surface area contributed by atoms with Crippen molar-refractivity contribution in [1.82, 2.24) is 15.5 Å². The van der Waals surface area contributed by atoms with Crippen LogP contribution in [0.5, 0.6) is 0 Å². The van der Waals surface area contributed by atoms with Crippen molar-refractivity contribution in [2.24, 2.45) is 0 Å². The molecule has 2 N–H and O–H groups in total. The number of likely N-dealkylation sites (tertiary alicyclic amines) is 1. The minimum atomic E-state index is -0.297. The molecule has 0 aromatic carbocycles. The van der Waals surface area contributed by atoms with Crippen molar-refractivity contribution >= 4 is 11.9 Å². The molecule has 0 bridgehead atoms. The van der Waals surface area contributed by atoms with Crippen LogP contribution in [-0.2, 0) is 4.79 Å². The van der Waals surface area contributed by atoms with Gasteiger partial charge in [0.25, 0.3) is 0 Å². The number of likely N-dealkylation sites (N-methyl/N-ethyl adjacent to an activating group) is 1. The smallest absolute Gasteiger partial charge is 0.318 e. The van der Waals surface area contributed by atoms with Gasteiger partial charge in [-0.15, -0.1) is 0 Å². The fourth-order valence-corrected chi connectivity index (χ4v) is 1.78. The lowest BCUT2D eigenvalue weighted by molar-refractivity contribution is -0.124. The molecule has 1 aliphatic rings. The van der Waals surface area contributed by atoms with E-state index >= 15 is 0 Å². The summed E-state index contributed by atoms with van der Waals surface area (Å²) >= 11 is 0. The number of amides is 3. The zero-order valence-electron chi connectivity index (χ0n) is 9.54. The topological polar surface area (TPSA) is 61.4 Å². The molecular weight excluding hydrogens is 194 g/mol. The number of carbonyl (C=O) groups is 2. The number of hydrogen-bond acceptors (Lipinski definition) is 2. The number of nitrogens with zero attached hydrogens (tertiary/aromatic N) is 1. The molecule has 86 valence electrons. The Morgan fingerprint density at radius 1 is 1.40 bits per heavy atom. The molecule has 3 amide bonds. The first-order chi connectivity index (χ1) is 7.06. The van der Waals surface area contributed by atoms with Crippen LogP contribution in [0, 0.1) is 0 Å². The summed E-state index contributed by atoms with van der Waals surface area (Å²) < 4.78 is 0. The van der Waals surface area contributed by atoms with Gasteiger partial charge in [0.2, 0.25) is 5.91 Å². The number of hydrogen-bond donors (Lipinski definition) is 2. The average Bonchev–Trinajstić information content (AvgIpc) is 2.63. The second kappa shape index (κ2) is 5.00. The van der Waals surface area contributed by atoms with E-state index in [2.05, 4.69) is 10.6 Å². The third-order valence-electron chi connectivity index (χ3n) is 2.47. The van der Waals surface area contributed by atoms with E-state index in [1.165, 1.54) is 0 Å². The number of carbonyl (C=O) groups excluding carboxylic acids is 2. The lowest BCUT2D eigenvalue weighted by atomic mass is 10.2. The van der Waals surface area contributed by atoms with Crippen LogP contribution >= 0.6 is 0 Å². The van der Waals surface area contributed by atoms with E-state index in [4.69, 9.17) is 0 Å². The molecule has 15 heavy (non-hydrogen) atoms. The molecule has 0 aliphatic carbocycles. The molecule has 1 saturated heterocycles. The van der Waals surface area contributed by atoms with Gasteiger partial charge in [-0.05, 0) is 26.7 Å². The Hall–Kier alpha value is -1.26. The highest BCUT2D eigenvalue weighted by Crippen LogP contribution is 2.17. The summed E-state index contributed by atoms with van der Waals surface area (Å²) in [5.41, 5.74) is 0. The van der Waals surface area contributed by atoms with Crippen molar-refractivity contribution in [2.45, 2.75) is 38.8 Å². The van der Waals surface area contributed by atoms with Crippen molar-refractivity contribution in [3.8, 4) is 0 Å². The molecule has 1 unspecified atom stereocenters. The fourth-order valence-electron chi connectivity index (χ4n) is 1.78. The van der Waals surface area contributed by atoms with Gasteiger partial charge in [-0.2, -0.15) is 0 Å². The van der Waals surface area contributed by atoms with Crippen LogP contribution in [0.2, 0.25) is 0 Å². The highest BCUT2D eigenvalue weighted by atomic mass is 16.2. The normalized spacial score (nSPS) is 20.5. The standard InChI is InChI=1S/C10H19N3O2/c1-7(2)12-10(15)13-6-4-5-8(13)9(14)11-3/h7-8H,4-6H2,1-3H3,(H,11,14)(H,12,15). The van der Waals surface area contributed by atoms with E-state index in [9.17, 15) is 9.59 Å². The van der Waals surface area contributed by atoms with Crippen molar-refractivity contribution in [2.75, 3.05) is 13.6 Å². The molecule has 0 saturated carbocycles. The van der Waals surface area contributed by atoms with E-state index in [-0.39, 0.29) is 24.0 Å². The van der Waals surface area contributed by atoms with E-state index in [1.54, 1.807) is 11.9 Å². The SMILES string of the molecule is CNC(=O)C1CCCN1C(=O)NC(C)C. The molecule has 0 radical (unpaired) electrons. The van der Waals surface area contributed by atoms with E-state index in [0.717, 1.165) is 12.8 Å². The molecule has 1 heterocycles. The lowest BCUT2D eigenvalue weighted by Crippen LogP contribution is -2.50. The van der Waals surface area contributed by atoms with Gasteiger partial charge in [-0.3, -0.25) is 4.79 Å². The minimum absolute atomic E-state index is 0.0774. The van der Waals surface area contributed by atoms with Crippen molar-refractivity contribution < 1.29 is 9.59 Å². The summed E-state index contributed by atoms with van der Waals surface area (Å²) in [7, 11) is 1.60. The number of urea groups is 1. The Bertz CT molecular complexity index is 253. The van der Waals surface area contributed by atoms with Crippen LogP contribution in [0.1, 0.15) is 26.7 Å². The van der Waals surface area contributed by atoms with Crippen LogP contribution < -0.4 is 10.6 Å². The zero-order valence-corrected chi connectivity index (χ0v) is 9.54. The Kier molecular flexibility index (Phi) is 3.94. The van der Waals surface area contributed by atoms with E-state index < -0.39 is 0 Å². The molecular formula is C10H19N3O2. The van der Waals surface area contributed by atoms with Gasteiger partial charge >= 0.3 is 6.03 Å². The Labute approximate surface area is 90.2 Å². The van der Waals surface area contributed by atoms with Crippen molar-refractivity contribution in [1.29, 1.82) is 0 Å². The predicted molar refractivity (Wildman–Crippen MR) is 57.5 cm³/mol. The molecule has 0 spiro atoms. The summed E-state index contributed by atoms with van der Waals surface area (Å²) in [5, 5.41) is 5.39. The van der Waals surface area contributed by atoms with Gasteiger partial charge < -0.3 is 15.5 Å². The summed E-state index contributed by atoms with van der Waals surface area (Å²) in [6, 6.07) is -0.340. The highest BCUT2D eigenvalue weighted by Gasteiger charge is 2.33. The zero-order chi connectivity index (χ0) is 11.4. The maximum absolute atomic E-state index is 11.7. The summed E-state index contributed by atoms with van der Waals surface area (Å²) in [5.74, 6) is -0.0774. The van der Waals surface area contributed by atoms with Gasteiger partial charge in [-0.1, -0.05) is 0 Å². The van der Waals surface area contributed by atoms with E-state index in [1.807, 2.05) is 13.8 Å².